The largest absolute Gasteiger partial charge is 0.297 e. The number of aryl methyl sites for hydroxylation is 1. The summed E-state index contributed by atoms with van der Waals surface area (Å²) in [4.78, 5) is 0.189. The average molecular weight is 369 g/mol. The number of hydrogen-bond donors (Lipinski definition) is 0. The Morgan fingerprint density at radius 3 is 2.19 bits per heavy atom. The first-order chi connectivity index (χ1) is 12.5. The summed E-state index contributed by atoms with van der Waals surface area (Å²) in [6.07, 6.45) is 5.04. The van der Waals surface area contributed by atoms with Gasteiger partial charge in [-0.05, 0) is 49.6 Å². The van der Waals surface area contributed by atoms with Crippen molar-refractivity contribution in [1.82, 2.24) is 0 Å². The first-order valence-electron chi connectivity index (χ1n) is 8.92. The van der Waals surface area contributed by atoms with E-state index in [1.807, 2.05) is 19.1 Å². The molecule has 1 aliphatic rings. The molecule has 0 aromatic heterocycles. The van der Waals surface area contributed by atoms with Gasteiger partial charge in [0.05, 0.1) is 23.1 Å². The van der Waals surface area contributed by atoms with Gasteiger partial charge in [0.1, 0.15) is 0 Å². The van der Waals surface area contributed by atoms with E-state index in [1.165, 1.54) is 0 Å². The Hall–Kier alpha value is -2.16. The Morgan fingerprint density at radius 1 is 1.00 bits per heavy atom. The van der Waals surface area contributed by atoms with E-state index in [1.54, 1.807) is 36.4 Å². The maximum absolute atomic E-state index is 12.6. The molecule has 0 atom stereocenters. The van der Waals surface area contributed by atoms with Crippen LogP contribution in [-0.2, 0) is 19.7 Å². The van der Waals surface area contributed by atoms with Crippen molar-refractivity contribution in [3.63, 3.8) is 0 Å². The molecule has 0 spiro atoms. The average Bonchev–Trinajstić information content (AvgIpc) is 2.68. The van der Waals surface area contributed by atoms with Gasteiger partial charge in [0, 0.05) is 5.41 Å². The van der Waals surface area contributed by atoms with Crippen molar-refractivity contribution in [3.8, 4) is 6.07 Å². The van der Waals surface area contributed by atoms with Crippen molar-refractivity contribution < 1.29 is 12.6 Å². The van der Waals surface area contributed by atoms with Crippen LogP contribution in [0.5, 0.6) is 0 Å². The van der Waals surface area contributed by atoms with E-state index in [4.69, 9.17) is 9.44 Å². The second kappa shape index (κ2) is 7.61. The van der Waals surface area contributed by atoms with Crippen LogP contribution in [0.25, 0.3) is 0 Å². The minimum atomic E-state index is -3.79. The van der Waals surface area contributed by atoms with Gasteiger partial charge in [-0.15, -0.1) is 0 Å². The van der Waals surface area contributed by atoms with E-state index in [0.717, 1.165) is 43.2 Å². The summed E-state index contributed by atoms with van der Waals surface area (Å²) < 4.78 is 30.7. The quantitative estimate of drug-likeness (QED) is 0.729. The first kappa shape index (κ1) is 18.6. The number of rotatable bonds is 5. The number of nitrogens with zero attached hydrogens (tertiary/aromatic N) is 1. The summed E-state index contributed by atoms with van der Waals surface area (Å²) in [5, 5.41) is 9.00. The zero-order valence-electron chi connectivity index (χ0n) is 14.9. The Bertz CT molecular complexity index is 888. The Morgan fingerprint density at radius 2 is 1.62 bits per heavy atom. The monoisotopic (exact) mass is 369 g/mol. The molecule has 0 bridgehead atoms. The van der Waals surface area contributed by atoms with Crippen LogP contribution in [0.3, 0.4) is 0 Å². The highest BCUT2D eigenvalue weighted by Crippen LogP contribution is 2.40. The van der Waals surface area contributed by atoms with Gasteiger partial charge in [0.15, 0.2) is 0 Å². The molecule has 2 aromatic carbocycles. The summed E-state index contributed by atoms with van der Waals surface area (Å²) in [7, 11) is -3.79. The molecule has 5 heteroatoms. The molecule has 0 radical (unpaired) electrons. The summed E-state index contributed by atoms with van der Waals surface area (Å²) in [5.41, 5.74) is 2.35. The van der Waals surface area contributed by atoms with Gasteiger partial charge < -0.3 is 0 Å². The van der Waals surface area contributed by atoms with E-state index in [9.17, 15) is 8.42 Å². The number of nitriles is 1. The number of hydrogen-bond acceptors (Lipinski definition) is 4. The van der Waals surface area contributed by atoms with Crippen LogP contribution in [0.4, 0.5) is 0 Å². The van der Waals surface area contributed by atoms with Crippen molar-refractivity contribution in [2.45, 2.75) is 49.3 Å². The maximum atomic E-state index is 12.6. The molecule has 2 aromatic rings. The van der Waals surface area contributed by atoms with Crippen molar-refractivity contribution in [1.29, 1.82) is 5.26 Å². The molecule has 0 heterocycles. The van der Waals surface area contributed by atoms with Crippen LogP contribution in [0.1, 0.15) is 48.8 Å². The summed E-state index contributed by atoms with van der Waals surface area (Å²) >= 11 is 0. The van der Waals surface area contributed by atoms with E-state index in [2.05, 4.69) is 6.07 Å². The molecule has 0 amide bonds. The minimum absolute atomic E-state index is 0.134. The van der Waals surface area contributed by atoms with Crippen molar-refractivity contribution >= 4 is 10.1 Å². The predicted molar refractivity (Wildman–Crippen MR) is 100 cm³/mol. The van der Waals surface area contributed by atoms with Crippen LogP contribution >= 0.6 is 0 Å². The molecule has 4 nitrogen and oxygen atoms in total. The molecule has 0 N–H and O–H groups in total. The van der Waals surface area contributed by atoms with Crippen molar-refractivity contribution in [3.05, 3.63) is 65.2 Å². The molecular weight excluding hydrogens is 346 g/mol. The normalized spacial score (nSPS) is 16.8. The van der Waals surface area contributed by atoms with Crippen molar-refractivity contribution in [2.75, 3.05) is 6.61 Å². The molecule has 1 fully saturated rings. The maximum Gasteiger partial charge on any atom is 0.297 e. The lowest BCUT2D eigenvalue weighted by Gasteiger charge is -2.37. The summed E-state index contributed by atoms with van der Waals surface area (Å²) in [6, 6.07) is 16.3. The third-order valence-corrected chi connectivity index (χ3v) is 6.51. The van der Waals surface area contributed by atoms with Gasteiger partial charge in [0.25, 0.3) is 10.1 Å². The smallest absolute Gasteiger partial charge is 0.265 e. The lowest BCUT2D eigenvalue weighted by atomic mass is 9.70. The highest BCUT2D eigenvalue weighted by molar-refractivity contribution is 7.86. The third-order valence-electron chi connectivity index (χ3n) is 5.24. The first-order valence-corrected chi connectivity index (χ1v) is 10.3. The molecule has 0 saturated heterocycles. The highest BCUT2D eigenvalue weighted by atomic mass is 32.2. The highest BCUT2D eigenvalue weighted by Gasteiger charge is 2.36. The molecular formula is C21H23NO3S. The van der Waals surface area contributed by atoms with Gasteiger partial charge >= 0.3 is 0 Å². The molecule has 0 unspecified atom stereocenters. The van der Waals surface area contributed by atoms with E-state index >= 15 is 0 Å². The number of benzene rings is 2. The van der Waals surface area contributed by atoms with E-state index in [0.29, 0.717) is 5.56 Å². The third kappa shape index (κ3) is 3.98. The zero-order valence-corrected chi connectivity index (χ0v) is 15.8. The fraction of sp³-hybridized carbons (Fsp3) is 0.381. The van der Waals surface area contributed by atoms with Crippen LogP contribution in [0.2, 0.25) is 0 Å². The lowest BCUT2D eigenvalue weighted by molar-refractivity contribution is 0.173. The fourth-order valence-electron chi connectivity index (χ4n) is 3.61. The zero-order chi connectivity index (χ0) is 18.6. The standard InChI is InChI=1S/C21H23NO3S/c1-17-5-11-20(12-6-17)26(23,24)25-16-21(13-3-2-4-14-21)19-9-7-18(15-22)8-10-19/h5-12H,2-4,13-14,16H2,1H3. The molecule has 0 aliphatic heterocycles. The Kier molecular flexibility index (Phi) is 5.45. The van der Waals surface area contributed by atoms with Gasteiger partial charge in [-0.1, -0.05) is 49.1 Å². The van der Waals surface area contributed by atoms with Gasteiger partial charge in [-0.25, -0.2) is 0 Å². The second-order valence-electron chi connectivity index (χ2n) is 7.06. The minimum Gasteiger partial charge on any atom is -0.265 e. The Labute approximate surface area is 155 Å². The van der Waals surface area contributed by atoms with Crippen LogP contribution in [0, 0.1) is 18.3 Å². The molecule has 1 saturated carbocycles. The van der Waals surface area contributed by atoms with Crippen LogP contribution in [-0.4, -0.2) is 15.0 Å². The van der Waals surface area contributed by atoms with Crippen LogP contribution in [0.15, 0.2) is 53.4 Å². The predicted octanol–water partition coefficient (Wildman–Crippen LogP) is 4.47. The topological polar surface area (TPSA) is 67.2 Å². The van der Waals surface area contributed by atoms with E-state index < -0.39 is 10.1 Å². The molecule has 26 heavy (non-hydrogen) atoms. The summed E-state index contributed by atoms with van der Waals surface area (Å²) in [6.45, 7) is 2.05. The molecule has 136 valence electrons. The van der Waals surface area contributed by atoms with Crippen LogP contribution < -0.4 is 0 Å². The molecule has 3 rings (SSSR count). The lowest BCUT2D eigenvalue weighted by Crippen LogP contribution is -2.35. The van der Waals surface area contributed by atoms with Gasteiger partial charge in [-0.2, -0.15) is 13.7 Å². The van der Waals surface area contributed by atoms with E-state index in [-0.39, 0.29) is 16.9 Å². The fourth-order valence-corrected chi connectivity index (χ4v) is 4.59. The van der Waals surface area contributed by atoms with Gasteiger partial charge in [0.2, 0.25) is 0 Å². The SMILES string of the molecule is Cc1ccc(S(=O)(=O)OCC2(c3ccc(C#N)cc3)CCCCC2)cc1. The van der Waals surface area contributed by atoms with Crippen molar-refractivity contribution in [2.24, 2.45) is 0 Å². The molecule has 1 aliphatic carbocycles. The summed E-state index contributed by atoms with van der Waals surface area (Å²) in [5.74, 6) is 0. The second-order valence-corrected chi connectivity index (χ2v) is 8.67. The van der Waals surface area contributed by atoms with Gasteiger partial charge in [-0.3, -0.25) is 4.18 Å². The Balaban J connectivity index is 1.84.